The molecule has 0 unspecified atom stereocenters. The second-order valence-electron chi connectivity index (χ2n) is 4.04. The molecule has 1 aromatic carbocycles. The lowest BCUT2D eigenvalue weighted by atomic mass is 10.2. The van der Waals surface area contributed by atoms with E-state index in [2.05, 4.69) is 4.98 Å². The highest BCUT2D eigenvalue weighted by Crippen LogP contribution is 2.27. The first kappa shape index (κ1) is 13.7. The molecule has 0 radical (unpaired) electrons. The van der Waals surface area contributed by atoms with Crippen LogP contribution in [0.5, 0.6) is 0 Å². The van der Waals surface area contributed by atoms with Crippen LogP contribution in [0.15, 0.2) is 35.7 Å². The van der Waals surface area contributed by atoms with E-state index in [1.165, 1.54) is 11.3 Å². The molecule has 4 nitrogen and oxygen atoms in total. The van der Waals surface area contributed by atoms with Crippen molar-refractivity contribution >= 4 is 22.4 Å². The first-order chi connectivity index (χ1) is 9.22. The first-order valence-electron chi connectivity index (χ1n) is 6.00. The number of hydrogen-bond donors (Lipinski definition) is 0. The normalized spacial score (nSPS) is 10.4. The van der Waals surface area contributed by atoms with Gasteiger partial charge in [-0.05, 0) is 0 Å². The zero-order valence-corrected chi connectivity index (χ0v) is 11.8. The molecule has 0 bridgehead atoms. The van der Waals surface area contributed by atoms with Gasteiger partial charge in [0.05, 0.1) is 18.8 Å². The highest BCUT2D eigenvalue weighted by atomic mass is 32.1. The van der Waals surface area contributed by atoms with Gasteiger partial charge >= 0.3 is 0 Å². The minimum Gasteiger partial charge on any atom is -0.383 e. The molecule has 0 aliphatic carbocycles. The van der Waals surface area contributed by atoms with Gasteiger partial charge in [0.2, 0.25) is 5.91 Å². The molecule has 5 heteroatoms. The van der Waals surface area contributed by atoms with Gasteiger partial charge in [-0.1, -0.05) is 30.3 Å². The van der Waals surface area contributed by atoms with Gasteiger partial charge in [-0.15, -0.1) is 11.3 Å². The Kier molecular flexibility index (Phi) is 4.65. The van der Waals surface area contributed by atoms with Crippen LogP contribution in [0, 0.1) is 0 Å². The van der Waals surface area contributed by atoms with Crippen molar-refractivity contribution in [1.29, 1.82) is 0 Å². The summed E-state index contributed by atoms with van der Waals surface area (Å²) in [5.41, 5.74) is 1.95. The SMILES string of the molecule is COCCN(C(C)=O)c1nc(-c2ccccc2)cs1. The van der Waals surface area contributed by atoms with Crippen LogP contribution in [0.2, 0.25) is 0 Å². The molecule has 0 saturated carbocycles. The Bertz CT molecular complexity index is 539. The lowest BCUT2D eigenvalue weighted by Crippen LogP contribution is -2.31. The van der Waals surface area contributed by atoms with Crippen LogP contribution < -0.4 is 4.90 Å². The van der Waals surface area contributed by atoms with Gasteiger partial charge in [0, 0.05) is 25.0 Å². The number of carbonyl (C=O) groups excluding carboxylic acids is 1. The predicted molar refractivity (Wildman–Crippen MR) is 77.5 cm³/mol. The molecule has 0 atom stereocenters. The maximum atomic E-state index is 11.6. The molecule has 2 rings (SSSR count). The summed E-state index contributed by atoms with van der Waals surface area (Å²) in [5.74, 6) is -0.0222. The van der Waals surface area contributed by atoms with Crippen molar-refractivity contribution in [1.82, 2.24) is 4.98 Å². The fraction of sp³-hybridized carbons (Fsp3) is 0.286. The topological polar surface area (TPSA) is 42.4 Å². The van der Waals surface area contributed by atoms with E-state index >= 15 is 0 Å². The number of nitrogens with zero attached hydrogens (tertiary/aromatic N) is 2. The minimum absolute atomic E-state index is 0.0222. The van der Waals surface area contributed by atoms with E-state index in [0.29, 0.717) is 18.3 Å². The molecule has 0 N–H and O–H groups in total. The van der Waals surface area contributed by atoms with E-state index in [1.807, 2.05) is 35.7 Å². The van der Waals surface area contributed by atoms with E-state index in [1.54, 1.807) is 18.9 Å². The largest absolute Gasteiger partial charge is 0.383 e. The molecular formula is C14H16N2O2S. The lowest BCUT2D eigenvalue weighted by molar-refractivity contribution is -0.116. The number of anilines is 1. The third-order valence-corrected chi connectivity index (χ3v) is 3.56. The van der Waals surface area contributed by atoms with Crippen molar-refractivity contribution in [3.05, 3.63) is 35.7 Å². The molecular weight excluding hydrogens is 260 g/mol. The third kappa shape index (κ3) is 3.39. The monoisotopic (exact) mass is 276 g/mol. The Labute approximate surface area is 116 Å². The van der Waals surface area contributed by atoms with Gasteiger partial charge in [-0.2, -0.15) is 0 Å². The van der Waals surface area contributed by atoms with Crippen molar-refractivity contribution < 1.29 is 9.53 Å². The van der Waals surface area contributed by atoms with Crippen LogP contribution in [0.4, 0.5) is 5.13 Å². The summed E-state index contributed by atoms with van der Waals surface area (Å²) in [7, 11) is 1.62. The van der Waals surface area contributed by atoms with Gasteiger partial charge in [-0.3, -0.25) is 9.69 Å². The summed E-state index contributed by atoms with van der Waals surface area (Å²) >= 11 is 1.47. The average molecular weight is 276 g/mol. The van der Waals surface area contributed by atoms with E-state index in [0.717, 1.165) is 11.3 Å². The zero-order chi connectivity index (χ0) is 13.7. The minimum atomic E-state index is -0.0222. The van der Waals surface area contributed by atoms with Gasteiger partial charge in [0.1, 0.15) is 0 Å². The van der Waals surface area contributed by atoms with Crippen LogP contribution in [-0.4, -0.2) is 31.2 Å². The Morgan fingerprint density at radius 3 is 2.74 bits per heavy atom. The standard InChI is InChI=1S/C14H16N2O2S/c1-11(17)16(8-9-18-2)14-15-13(10-19-14)12-6-4-3-5-7-12/h3-7,10H,8-9H2,1-2H3. The molecule has 0 spiro atoms. The molecule has 19 heavy (non-hydrogen) atoms. The molecule has 1 aromatic heterocycles. The first-order valence-corrected chi connectivity index (χ1v) is 6.88. The fourth-order valence-corrected chi connectivity index (χ4v) is 2.60. The van der Waals surface area contributed by atoms with Crippen molar-refractivity contribution in [2.24, 2.45) is 0 Å². The molecule has 1 amide bonds. The Hall–Kier alpha value is -1.72. The second kappa shape index (κ2) is 6.45. The third-order valence-electron chi connectivity index (χ3n) is 2.69. The number of amides is 1. The maximum absolute atomic E-state index is 11.6. The molecule has 0 aliphatic heterocycles. The second-order valence-corrected chi connectivity index (χ2v) is 4.88. The maximum Gasteiger partial charge on any atom is 0.225 e. The van der Waals surface area contributed by atoms with E-state index in [-0.39, 0.29) is 5.91 Å². The number of benzene rings is 1. The summed E-state index contributed by atoms with van der Waals surface area (Å²) in [6, 6.07) is 9.93. The number of thiazole rings is 1. The number of carbonyl (C=O) groups is 1. The lowest BCUT2D eigenvalue weighted by Gasteiger charge is -2.16. The van der Waals surface area contributed by atoms with Gasteiger partial charge < -0.3 is 4.74 Å². The van der Waals surface area contributed by atoms with Crippen molar-refractivity contribution in [3.63, 3.8) is 0 Å². The molecule has 0 saturated heterocycles. The van der Waals surface area contributed by atoms with E-state index in [9.17, 15) is 4.79 Å². The zero-order valence-electron chi connectivity index (χ0n) is 11.0. The number of hydrogen-bond acceptors (Lipinski definition) is 4. The van der Waals surface area contributed by atoms with Crippen LogP contribution in [-0.2, 0) is 9.53 Å². The molecule has 0 aliphatic rings. The molecule has 100 valence electrons. The summed E-state index contributed by atoms with van der Waals surface area (Å²) in [6.45, 7) is 2.56. The smallest absolute Gasteiger partial charge is 0.225 e. The van der Waals surface area contributed by atoms with Crippen LogP contribution in [0.3, 0.4) is 0 Å². The van der Waals surface area contributed by atoms with E-state index < -0.39 is 0 Å². The van der Waals surface area contributed by atoms with Crippen molar-refractivity contribution in [2.45, 2.75) is 6.92 Å². The Balaban J connectivity index is 2.21. The van der Waals surface area contributed by atoms with Crippen LogP contribution in [0.1, 0.15) is 6.92 Å². The van der Waals surface area contributed by atoms with Crippen molar-refractivity contribution in [2.75, 3.05) is 25.2 Å². The molecule has 1 heterocycles. The highest BCUT2D eigenvalue weighted by Gasteiger charge is 2.15. The fourth-order valence-electron chi connectivity index (χ4n) is 1.70. The van der Waals surface area contributed by atoms with Gasteiger partial charge in [0.15, 0.2) is 5.13 Å². The number of rotatable bonds is 5. The molecule has 0 fully saturated rings. The highest BCUT2D eigenvalue weighted by molar-refractivity contribution is 7.14. The molecule has 2 aromatic rings. The average Bonchev–Trinajstić information content (AvgIpc) is 2.89. The summed E-state index contributed by atoms with van der Waals surface area (Å²) in [4.78, 5) is 17.8. The predicted octanol–water partition coefficient (Wildman–Crippen LogP) is 2.81. The summed E-state index contributed by atoms with van der Waals surface area (Å²) < 4.78 is 5.02. The van der Waals surface area contributed by atoms with Crippen LogP contribution >= 0.6 is 11.3 Å². The number of aromatic nitrogens is 1. The summed E-state index contributed by atoms with van der Waals surface area (Å²) in [6.07, 6.45) is 0. The Morgan fingerprint density at radius 1 is 1.37 bits per heavy atom. The number of methoxy groups -OCH3 is 1. The Morgan fingerprint density at radius 2 is 2.11 bits per heavy atom. The number of ether oxygens (including phenoxy) is 1. The van der Waals surface area contributed by atoms with Crippen LogP contribution in [0.25, 0.3) is 11.3 Å². The summed E-state index contributed by atoms with van der Waals surface area (Å²) in [5, 5.41) is 2.68. The van der Waals surface area contributed by atoms with Crippen molar-refractivity contribution in [3.8, 4) is 11.3 Å². The quantitative estimate of drug-likeness (QED) is 0.843. The van der Waals surface area contributed by atoms with E-state index in [4.69, 9.17) is 4.74 Å². The van der Waals surface area contributed by atoms with Gasteiger partial charge in [0.25, 0.3) is 0 Å². The van der Waals surface area contributed by atoms with Gasteiger partial charge in [-0.25, -0.2) is 4.98 Å².